The van der Waals surface area contributed by atoms with E-state index in [1.807, 2.05) is 24.3 Å². The predicted molar refractivity (Wildman–Crippen MR) is 111 cm³/mol. The van der Waals surface area contributed by atoms with Gasteiger partial charge in [-0.2, -0.15) is 5.10 Å². The maximum Gasteiger partial charge on any atom is 0.280 e. The molecular formula is C22H23ClF2N4O2. The van der Waals surface area contributed by atoms with Crippen molar-refractivity contribution in [2.45, 2.75) is 45.1 Å². The molecule has 1 atom stereocenters. The smallest absolute Gasteiger partial charge is 0.280 e. The summed E-state index contributed by atoms with van der Waals surface area (Å²) in [5.41, 5.74) is 1.18. The van der Waals surface area contributed by atoms with Crippen LogP contribution in [-0.2, 0) is 17.8 Å². The maximum absolute atomic E-state index is 13.2. The zero-order chi connectivity index (χ0) is 22.0. The van der Waals surface area contributed by atoms with Gasteiger partial charge in [0.1, 0.15) is 18.0 Å². The molecule has 0 saturated carbocycles. The summed E-state index contributed by atoms with van der Waals surface area (Å²) in [7, 11) is 0. The molecule has 1 amide bonds. The van der Waals surface area contributed by atoms with Gasteiger partial charge in [-0.25, -0.2) is 13.8 Å². The molecule has 1 fully saturated rings. The van der Waals surface area contributed by atoms with Crippen molar-refractivity contribution in [1.82, 2.24) is 19.7 Å². The molecule has 3 heterocycles. The number of piperidine rings is 1. The van der Waals surface area contributed by atoms with Crippen molar-refractivity contribution in [2.75, 3.05) is 13.1 Å². The molecule has 1 aliphatic rings. The molecule has 0 N–H and O–H groups in total. The number of hydrogen-bond donors (Lipinski definition) is 0. The zero-order valence-corrected chi connectivity index (χ0v) is 17.9. The molecule has 0 bridgehead atoms. The first-order chi connectivity index (χ1) is 14.9. The summed E-state index contributed by atoms with van der Waals surface area (Å²) in [6.45, 7) is 2.44. The van der Waals surface area contributed by atoms with Crippen LogP contribution in [0.3, 0.4) is 0 Å². The SMILES string of the molecule is Cc1cc(C(F)F)n(CC(=O)N2CCC[C@@H](c3ncc(Cc4ccccc4Cl)o3)C2)n1. The Bertz CT molecular complexity index is 1070. The first-order valence-electron chi connectivity index (χ1n) is 10.2. The van der Waals surface area contributed by atoms with Gasteiger partial charge >= 0.3 is 0 Å². The third kappa shape index (κ3) is 4.95. The second-order valence-corrected chi connectivity index (χ2v) is 8.19. The molecule has 4 rings (SSSR count). The molecule has 9 heteroatoms. The van der Waals surface area contributed by atoms with Crippen LogP contribution >= 0.6 is 11.6 Å². The lowest BCUT2D eigenvalue weighted by atomic mass is 9.98. The minimum Gasteiger partial charge on any atom is -0.445 e. The third-order valence-electron chi connectivity index (χ3n) is 5.46. The van der Waals surface area contributed by atoms with Crippen molar-refractivity contribution in [2.24, 2.45) is 0 Å². The molecule has 0 unspecified atom stereocenters. The molecule has 1 saturated heterocycles. The Balaban J connectivity index is 1.41. The van der Waals surface area contributed by atoms with Crippen LogP contribution in [0, 0.1) is 6.92 Å². The Labute approximate surface area is 183 Å². The number of nitrogens with zero attached hydrogens (tertiary/aromatic N) is 4. The minimum absolute atomic E-state index is 0.0355. The monoisotopic (exact) mass is 448 g/mol. The summed E-state index contributed by atoms with van der Waals surface area (Å²) >= 11 is 6.22. The van der Waals surface area contributed by atoms with Crippen molar-refractivity contribution in [1.29, 1.82) is 0 Å². The van der Waals surface area contributed by atoms with Gasteiger partial charge in [0.05, 0.1) is 17.8 Å². The average Bonchev–Trinajstić information content (AvgIpc) is 3.36. The number of amides is 1. The Hall–Kier alpha value is -2.74. The lowest BCUT2D eigenvalue weighted by molar-refractivity contribution is -0.133. The van der Waals surface area contributed by atoms with Crippen LogP contribution in [-0.4, -0.2) is 38.7 Å². The van der Waals surface area contributed by atoms with Crippen molar-refractivity contribution >= 4 is 17.5 Å². The number of rotatable bonds is 6. The van der Waals surface area contributed by atoms with E-state index in [2.05, 4.69) is 10.1 Å². The highest BCUT2D eigenvalue weighted by atomic mass is 35.5. The summed E-state index contributed by atoms with van der Waals surface area (Å²) in [5, 5.41) is 4.71. The van der Waals surface area contributed by atoms with E-state index < -0.39 is 6.43 Å². The van der Waals surface area contributed by atoms with Crippen LogP contribution in [0.15, 0.2) is 40.9 Å². The normalized spacial score (nSPS) is 16.8. The molecular weight excluding hydrogens is 426 g/mol. The number of carbonyl (C=O) groups excluding carboxylic acids is 1. The molecule has 164 valence electrons. The largest absolute Gasteiger partial charge is 0.445 e. The molecule has 0 aliphatic carbocycles. The number of likely N-dealkylation sites (tertiary alicyclic amines) is 1. The highest BCUT2D eigenvalue weighted by Gasteiger charge is 2.29. The van der Waals surface area contributed by atoms with Gasteiger partial charge in [-0.15, -0.1) is 0 Å². The molecule has 31 heavy (non-hydrogen) atoms. The standard InChI is InChI=1S/C22H23ClF2N4O2/c1-14-9-19(21(24)25)29(27-14)13-20(30)28-8-4-6-16(12-28)22-26-11-17(31-22)10-15-5-2-3-7-18(15)23/h2-3,5,7,9,11,16,21H,4,6,8,10,12-13H2,1H3/t16-/m1/s1. The molecule has 1 aromatic carbocycles. The first kappa shape index (κ1) is 21.5. The number of benzene rings is 1. The number of alkyl halides is 2. The highest BCUT2D eigenvalue weighted by Crippen LogP contribution is 2.28. The van der Waals surface area contributed by atoms with Crippen LogP contribution < -0.4 is 0 Å². The molecule has 3 aromatic rings. The van der Waals surface area contributed by atoms with E-state index in [1.54, 1.807) is 18.0 Å². The topological polar surface area (TPSA) is 64.2 Å². The van der Waals surface area contributed by atoms with Crippen LogP contribution in [0.2, 0.25) is 5.02 Å². The van der Waals surface area contributed by atoms with Gasteiger partial charge in [0.15, 0.2) is 5.89 Å². The van der Waals surface area contributed by atoms with E-state index in [0.717, 1.165) is 23.1 Å². The van der Waals surface area contributed by atoms with Gasteiger partial charge in [0.25, 0.3) is 6.43 Å². The Morgan fingerprint density at radius 2 is 2.16 bits per heavy atom. The minimum atomic E-state index is -2.67. The quantitative estimate of drug-likeness (QED) is 0.545. The van der Waals surface area contributed by atoms with Crippen molar-refractivity contribution in [3.05, 3.63) is 70.2 Å². The van der Waals surface area contributed by atoms with Gasteiger partial charge < -0.3 is 9.32 Å². The van der Waals surface area contributed by atoms with Gasteiger partial charge in [-0.1, -0.05) is 29.8 Å². The Morgan fingerprint density at radius 1 is 1.35 bits per heavy atom. The molecule has 0 radical (unpaired) electrons. The first-order valence-corrected chi connectivity index (χ1v) is 10.6. The van der Waals surface area contributed by atoms with Crippen molar-refractivity contribution in [3.8, 4) is 0 Å². The Morgan fingerprint density at radius 3 is 2.94 bits per heavy atom. The van der Waals surface area contributed by atoms with E-state index in [4.69, 9.17) is 16.0 Å². The lowest BCUT2D eigenvalue weighted by Gasteiger charge is -2.31. The molecule has 6 nitrogen and oxygen atoms in total. The van der Waals surface area contributed by atoms with Gasteiger partial charge in [-0.3, -0.25) is 9.48 Å². The third-order valence-corrected chi connectivity index (χ3v) is 5.83. The van der Waals surface area contributed by atoms with E-state index in [9.17, 15) is 13.6 Å². The van der Waals surface area contributed by atoms with Crippen LogP contribution in [0.25, 0.3) is 0 Å². The Kier molecular flexibility index (Phi) is 6.36. The number of carbonyl (C=O) groups is 1. The molecule has 2 aromatic heterocycles. The van der Waals surface area contributed by atoms with Crippen LogP contribution in [0.4, 0.5) is 8.78 Å². The number of oxazole rings is 1. The number of aryl methyl sites for hydroxylation is 1. The number of hydrogen-bond acceptors (Lipinski definition) is 4. The summed E-state index contributed by atoms with van der Waals surface area (Å²) in [6, 6.07) is 8.88. The second kappa shape index (κ2) is 9.18. The van der Waals surface area contributed by atoms with Crippen LogP contribution in [0.1, 0.15) is 53.8 Å². The van der Waals surface area contributed by atoms with E-state index >= 15 is 0 Å². The zero-order valence-electron chi connectivity index (χ0n) is 17.1. The average molecular weight is 449 g/mol. The highest BCUT2D eigenvalue weighted by molar-refractivity contribution is 6.31. The van der Waals surface area contributed by atoms with E-state index in [1.165, 1.54) is 6.07 Å². The van der Waals surface area contributed by atoms with Gasteiger partial charge in [-0.05, 0) is 37.5 Å². The fourth-order valence-electron chi connectivity index (χ4n) is 3.92. The number of aromatic nitrogens is 3. The summed E-state index contributed by atoms with van der Waals surface area (Å²) in [6.07, 6.45) is 1.20. The summed E-state index contributed by atoms with van der Waals surface area (Å²) in [4.78, 5) is 18.9. The van der Waals surface area contributed by atoms with Crippen LogP contribution in [0.5, 0.6) is 0 Å². The van der Waals surface area contributed by atoms with Crippen molar-refractivity contribution < 1.29 is 18.0 Å². The molecule has 0 spiro atoms. The summed E-state index contributed by atoms with van der Waals surface area (Å²) < 4.78 is 33.4. The fraction of sp³-hybridized carbons (Fsp3) is 0.409. The second-order valence-electron chi connectivity index (χ2n) is 7.78. The predicted octanol–water partition coefficient (Wildman–Crippen LogP) is 4.77. The van der Waals surface area contributed by atoms with E-state index in [0.29, 0.717) is 41.9 Å². The summed E-state index contributed by atoms with van der Waals surface area (Å²) in [5.74, 6) is 1.02. The fourth-order valence-corrected chi connectivity index (χ4v) is 4.13. The maximum atomic E-state index is 13.2. The van der Waals surface area contributed by atoms with Crippen molar-refractivity contribution in [3.63, 3.8) is 0 Å². The van der Waals surface area contributed by atoms with E-state index in [-0.39, 0.29) is 24.1 Å². The molecule has 1 aliphatic heterocycles. The van der Waals surface area contributed by atoms with Gasteiger partial charge in [0, 0.05) is 24.5 Å². The van der Waals surface area contributed by atoms with Gasteiger partial charge in [0.2, 0.25) is 5.91 Å². The lowest BCUT2D eigenvalue weighted by Crippen LogP contribution is -2.41. The number of halogens is 3.